The lowest BCUT2D eigenvalue weighted by molar-refractivity contribution is 0.361. The van der Waals surface area contributed by atoms with Crippen molar-refractivity contribution in [2.75, 3.05) is 0 Å². The van der Waals surface area contributed by atoms with Crippen LogP contribution in [0.3, 0.4) is 0 Å². The average molecular weight is 192 g/mol. The molecule has 0 heterocycles. The van der Waals surface area contributed by atoms with E-state index in [2.05, 4.69) is 13.5 Å². The van der Waals surface area contributed by atoms with E-state index < -0.39 is 13.3 Å². The number of unbranched alkanes of at least 4 members (excludes halogenated alkanes) is 2. The maximum atomic E-state index is 10.8. The molecule has 0 aliphatic heterocycles. The van der Waals surface area contributed by atoms with Gasteiger partial charge in [-0.1, -0.05) is 32.3 Å². The Morgan fingerprint density at radius 2 is 2.08 bits per heavy atom. The summed E-state index contributed by atoms with van der Waals surface area (Å²) in [5, 5.41) is 0. The van der Waals surface area contributed by atoms with Crippen molar-refractivity contribution < 1.29 is 14.4 Å². The fourth-order valence-electron chi connectivity index (χ4n) is 1.03. The lowest BCUT2D eigenvalue weighted by Crippen LogP contribution is -2.03. The first kappa shape index (κ1) is 11.9. The van der Waals surface area contributed by atoms with Gasteiger partial charge in [0.25, 0.3) is 0 Å². The van der Waals surface area contributed by atoms with Crippen molar-refractivity contribution in [1.29, 1.82) is 0 Å². The molecular weight excluding hydrogens is 175 g/mol. The minimum Gasteiger partial charge on any atom is -0.324 e. The Kier molecular flexibility index (Phi) is 5.47. The summed E-state index contributed by atoms with van der Waals surface area (Å²) < 4.78 is 10.8. The fourth-order valence-corrected chi connectivity index (χ4v) is 1.82. The summed E-state index contributed by atoms with van der Waals surface area (Å²) in [6.07, 6.45) is 4.84. The second kappa shape index (κ2) is 5.52. The molecule has 1 unspecified atom stereocenters. The first-order valence-electron chi connectivity index (χ1n) is 4.20. The molecule has 0 saturated heterocycles. The Labute approximate surface area is 73.7 Å². The predicted molar refractivity (Wildman–Crippen MR) is 50.2 cm³/mol. The van der Waals surface area contributed by atoms with E-state index in [0.717, 1.165) is 19.3 Å². The molecule has 0 fully saturated rings. The van der Waals surface area contributed by atoms with Gasteiger partial charge >= 0.3 is 7.60 Å². The zero-order chi connectivity index (χ0) is 9.61. The number of hydrogen-bond donors (Lipinski definition) is 2. The first-order chi connectivity index (χ1) is 5.52. The molecule has 3 nitrogen and oxygen atoms in total. The van der Waals surface area contributed by atoms with Crippen LogP contribution in [-0.2, 0) is 4.57 Å². The standard InChI is InChI=1S/C8H17O3P/c1-3-5-6-7-8(4-2)12(9,10)11/h4,8H,2-3,5-7H2,1H3,(H2,9,10,11). The summed E-state index contributed by atoms with van der Waals surface area (Å²) in [6, 6.07) is 0. The van der Waals surface area contributed by atoms with Crippen LogP contribution in [-0.4, -0.2) is 15.4 Å². The summed E-state index contributed by atoms with van der Waals surface area (Å²) in [5.74, 6) is 0. The second-order valence-electron chi connectivity index (χ2n) is 2.89. The molecule has 0 aromatic rings. The summed E-state index contributed by atoms with van der Waals surface area (Å²) in [6.45, 7) is 5.47. The molecule has 0 spiro atoms. The Bertz CT molecular complexity index is 173. The number of allylic oxidation sites excluding steroid dienone is 1. The van der Waals surface area contributed by atoms with Gasteiger partial charge in [0.2, 0.25) is 0 Å². The van der Waals surface area contributed by atoms with Crippen LogP contribution in [0, 0.1) is 0 Å². The quantitative estimate of drug-likeness (QED) is 0.385. The summed E-state index contributed by atoms with van der Waals surface area (Å²) in [7, 11) is -3.93. The monoisotopic (exact) mass is 192 g/mol. The van der Waals surface area contributed by atoms with Gasteiger partial charge < -0.3 is 9.79 Å². The molecule has 0 aliphatic rings. The lowest BCUT2D eigenvalue weighted by Gasteiger charge is -2.13. The lowest BCUT2D eigenvalue weighted by atomic mass is 10.1. The van der Waals surface area contributed by atoms with Crippen molar-refractivity contribution in [3.05, 3.63) is 12.7 Å². The van der Waals surface area contributed by atoms with E-state index in [0.29, 0.717) is 6.42 Å². The molecule has 0 radical (unpaired) electrons. The largest absolute Gasteiger partial charge is 0.332 e. The van der Waals surface area contributed by atoms with Gasteiger partial charge in [0, 0.05) is 0 Å². The number of hydrogen-bond acceptors (Lipinski definition) is 1. The van der Waals surface area contributed by atoms with Crippen molar-refractivity contribution in [3.63, 3.8) is 0 Å². The van der Waals surface area contributed by atoms with Crippen molar-refractivity contribution in [2.24, 2.45) is 0 Å². The Hall–Kier alpha value is -0.110. The van der Waals surface area contributed by atoms with Crippen LogP contribution < -0.4 is 0 Å². The highest BCUT2D eigenvalue weighted by atomic mass is 31.2. The molecule has 0 aromatic carbocycles. The molecular formula is C8H17O3P. The van der Waals surface area contributed by atoms with Crippen LogP contribution in [0.5, 0.6) is 0 Å². The predicted octanol–water partition coefficient (Wildman–Crippen LogP) is 2.30. The van der Waals surface area contributed by atoms with E-state index in [4.69, 9.17) is 9.79 Å². The van der Waals surface area contributed by atoms with Gasteiger partial charge in [-0.2, -0.15) is 0 Å². The molecule has 12 heavy (non-hydrogen) atoms. The van der Waals surface area contributed by atoms with Gasteiger partial charge in [-0.3, -0.25) is 4.57 Å². The van der Waals surface area contributed by atoms with Crippen molar-refractivity contribution in [1.82, 2.24) is 0 Å². The third-order valence-electron chi connectivity index (χ3n) is 1.81. The molecule has 72 valence electrons. The second-order valence-corrected chi connectivity index (χ2v) is 4.73. The van der Waals surface area contributed by atoms with Gasteiger partial charge in [0.05, 0.1) is 5.66 Å². The number of rotatable bonds is 6. The Morgan fingerprint density at radius 1 is 1.50 bits per heavy atom. The molecule has 2 N–H and O–H groups in total. The van der Waals surface area contributed by atoms with Crippen LogP contribution in [0.15, 0.2) is 12.7 Å². The molecule has 0 saturated carbocycles. The molecule has 0 amide bonds. The minimum atomic E-state index is -3.93. The van der Waals surface area contributed by atoms with E-state index in [1.54, 1.807) is 0 Å². The molecule has 4 heteroatoms. The van der Waals surface area contributed by atoms with E-state index in [1.807, 2.05) is 0 Å². The Morgan fingerprint density at radius 3 is 2.42 bits per heavy atom. The normalized spacial score (nSPS) is 14.2. The summed E-state index contributed by atoms with van der Waals surface area (Å²) in [4.78, 5) is 17.6. The SMILES string of the molecule is C=CC(CCCCC)P(=O)(O)O. The molecule has 0 aromatic heterocycles. The summed E-state index contributed by atoms with van der Waals surface area (Å²) >= 11 is 0. The summed E-state index contributed by atoms with van der Waals surface area (Å²) in [5.41, 5.74) is -0.649. The highest BCUT2D eigenvalue weighted by molar-refractivity contribution is 7.52. The van der Waals surface area contributed by atoms with Crippen molar-refractivity contribution in [3.8, 4) is 0 Å². The topological polar surface area (TPSA) is 57.5 Å². The third-order valence-corrected chi connectivity index (χ3v) is 3.14. The highest BCUT2D eigenvalue weighted by Crippen LogP contribution is 2.44. The van der Waals surface area contributed by atoms with Gasteiger partial charge in [-0.25, -0.2) is 0 Å². The van der Waals surface area contributed by atoms with E-state index in [1.165, 1.54) is 6.08 Å². The van der Waals surface area contributed by atoms with Crippen LogP contribution in [0.4, 0.5) is 0 Å². The highest BCUT2D eigenvalue weighted by Gasteiger charge is 2.24. The van der Waals surface area contributed by atoms with Crippen LogP contribution in [0.1, 0.15) is 32.6 Å². The third kappa shape index (κ3) is 4.70. The van der Waals surface area contributed by atoms with Crippen molar-refractivity contribution >= 4 is 7.60 Å². The van der Waals surface area contributed by atoms with Crippen molar-refractivity contribution in [2.45, 2.75) is 38.3 Å². The van der Waals surface area contributed by atoms with E-state index >= 15 is 0 Å². The van der Waals surface area contributed by atoms with E-state index in [9.17, 15) is 4.57 Å². The molecule has 1 atom stereocenters. The smallest absolute Gasteiger partial charge is 0.324 e. The van der Waals surface area contributed by atoms with Crippen LogP contribution in [0.25, 0.3) is 0 Å². The molecule has 0 bridgehead atoms. The maximum absolute atomic E-state index is 10.8. The zero-order valence-electron chi connectivity index (χ0n) is 7.44. The molecule has 0 rings (SSSR count). The van der Waals surface area contributed by atoms with Gasteiger partial charge in [0.1, 0.15) is 0 Å². The Balaban J connectivity index is 3.85. The average Bonchev–Trinajstić information content (AvgIpc) is 1.95. The minimum absolute atomic E-state index is 0.543. The van der Waals surface area contributed by atoms with Crippen LogP contribution >= 0.6 is 7.60 Å². The first-order valence-corrected chi connectivity index (χ1v) is 5.88. The van der Waals surface area contributed by atoms with E-state index in [-0.39, 0.29) is 0 Å². The van der Waals surface area contributed by atoms with Crippen LogP contribution in [0.2, 0.25) is 0 Å². The van der Waals surface area contributed by atoms with Gasteiger partial charge in [0.15, 0.2) is 0 Å². The fraction of sp³-hybridized carbons (Fsp3) is 0.750. The molecule has 0 aliphatic carbocycles. The van der Waals surface area contributed by atoms with Gasteiger partial charge in [-0.05, 0) is 6.42 Å². The zero-order valence-corrected chi connectivity index (χ0v) is 8.33. The maximum Gasteiger partial charge on any atom is 0.332 e. The van der Waals surface area contributed by atoms with Gasteiger partial charge in [-0.15, -0.1) is 6.58 Å².